The van der Waals surface area contributed by atoms with Crippen LogP contribution < -0.4 is 0 Å². The zero-order chi connectivity index (χ0) is 7.44. The van der Waals surface area contributed by atoms with E-state index in [0.29, 0.717) is 0 Å². The molecule has 0 bridgehead atoms. The predicted molar refractivity (Wildman–Crippen MR) is 52.1 cm³/mol. The number of hydrogen-bond acceptors (Lipinski definition) is 3. The van der Waals surface area contributed by atoms with Crippen molar-refractivity contribution in [2.75, 3.05) is 14.1 Å². The largest absolute Gasteiger partial charge is 0.363 e. The van der Waals surface area contributed by atoms with E-state index in [2.05, 4.69) is 0 Å². The highest BCUT2D eigenvalue weighted by atomic mass is 32.2. The van der Waals surface area contributed by atoms with E-state index in [1.165, 1.54) is 11.8 Å². The Labute approximate surface area is 70.8 Å². The fourth-order valence-corrected chi connectivity index (χ4v) is 1.41. The van der Waals surface area contributed by atoms with Crippen molar-refractivity contribution in [2.24, 2.45) is 0 Å². The molecule has 0 aromatic rings. The summed E-state index contributed by atoms with van der Waals surface area (Å²) in [7, 11) is 3.82. The second kappa shape index (κ2) is 4.19. The summed E-state index contributed by atoms with van der Waals surface area (Å²) in [6.45, 7) is 1.87. The normalized spacial score (nSPS) is 8.78. The minimum atomic E-state index is 0.822. The molecule has 9 heavy (non-hydrogen) atoms. The summed E-state index contributed by atoms with van der Waals surface area (Å²) >= 11 is 11.2. The molecule has 0 unspecified atom stereocenters. The average Bonchev–Trinajstić information content (AvgIpc) is 1.63. The van der Waals surface area contributed by atoms with Crippen LogP contribution in [0.5, 0.6) is 0 Å². The van der Waals surface area contributed by atoms with Crippen LogP contribution in [0.1, 0.15) is 6.92 Å². The standard InChI is InChI=1S/C5H9NS3/c1-4(7)9-5(8)6(2)3/h1-3H3. The van der Waals surface area contributed by atoms with Gasteiger partial charge in [0.1, 0.15) is 4.32 Å². The second-order valence-electron chi connectivity index (χ2n) is 1.75. The fourth-order valence-electron chi connectivity index (χ4n) is 0.214. The first kappa shape index (κ1) is 9.33. The molecular formula is C5H9NS3. The van der Waals surface area contributed by atoms with Crippen molar-refractivity contribution < 1.29 is 0 Å². The number of thioether (sulfide) groups is 1. The maximum absolute atomic E-state index is 4.96. The Morgan fingerprint density at radius 3 is 1.89 bits per heavy atom. The lowest BCUT2D eigenvalue weighted by Crippen LogP contribution is -2.16. The number of nitrogens with zero attached hydrogens (tertiary/aromatic N) is 1. The summed E-state index contributed by atoms with van der Waals surface area (Å²) < 4.78 is 1.69. The molecule has 0 aliphatic rings. The van der Waals surface area contributed by atoms with Gasteiger partial charge >= 0.3 is 0 Å². The van der Waals surface area contributed by atoms with Crippen LogP contribution in [0.4, 0.5) is 0 Å². The maximum atomic E-state index is 4.96. The Morgan fingerprint density at radius 2 is 1.78 bits per heavy atom. The van der Waals surface area contributed by atoms with Gasteiger partial charge in [-0.2, -0.15) is 0 Å². The first-order valence-electron chi connectivity index (χ1n) is 2.43. The van der Waals surface area contributed by atoms with Crippen LogP contribution in [0, 0.1) is 0 Å². The summed E-state index contributed by atoms with van der Waals surface area (Å²) in [4.78, 5) is 1.87. The highest BCUT2D eigenvalue weighted by Crippen LogP contribution is 2.08. The molecule has 0 radical (unpaired) electrons. The molecular weight excluding hydrogens is 170 g/mol. The van der Waals surface area contributed by atoms with Crippen molar-refractivity contribution in [2.45, 2.75) is 6.92 Å². The smallest absolute Gasteiger partial charge is 0.141 e. The number of hydrogen-bond donors (Lipinski definition) is 0. The average molecular weight is 179 g/mol. The van der Waals surface area contributed by atoms with Gasteiger partial charge in [0, 0.05) is 14.1 Å². The van der Waals surface area contributed by atoms with Gasteiger partial charge in [0.05, 0.1) is 4.20 Å². The quantitative estimate of drug-likeness (QED) is 0.522. The van der Waals surface area contributed by atoms with Crippen LogP contribution in [0.25, 0.3) is 0 Å². The molecule has 0 rings (SSSR count). The van der Waals surface area contributed by atoms with Gasteiger partial charge in [-0.15, -0.1) is 0 Å². The molecule has 52 valence electrons. The Balaban J connectivity index is 3.64. The predicted octanol–water partition coefficient (Wildman–Crippen LogP) is 1.91. The first-order chi connectivity index (χ1) is 4.04. The van der Waals surface area contributed by atoms with Gasteiger partial charge < -0.3 is 4.90 Å². The minimum Gasteiger partial charge on any atom is -0.363 e. The van der Waals surface area contributed by atoms with Crippen LogP contribution in [0.15, 0.2) is 0 Å². The summed E-state index contributed by atoms with van der Waals surface area (Å²) in [5, 5.41) is 0. The third-order valence-electron chi connectivity index (χ3n) is 0.596. The molecule has 0 amide bonds. The Bertz CT molecular complexity index is 130. The highest BCUT2D eigenvalue weighted by Gasteiger charge is 1.98. The van der Waals surface area contributed by atoms with E-state index < -0.39 is 0 Å². The molecule has 0 fully saturated rings. The van der Waals surface area contributed by atoms with E-state index in [-0.39, 0.29) is 0 Å². The molecule has 0 heterocycles. The van der Waals surface area contributed by atoms with Crippen molar-refractivity contribution >= 4 is 44.7 Å². The van der Waals surface area contributed by atoms with Gasteiger partial charge in [-0.3, -0.25) is 0 Å². The van der Waals surface area contributed by atoms with E-state index in [9.17, 15) is 0 Å². The van der Waals surface area contributed by atoms with E-state index in [0.717, 1.165) is 8.52 Å². The van der Waals surface area contributed by atoms with Gasteiger partial charge in [0.15, 0.2) is 0 Å². The van der Waals surface area contributed by atoms with Gasteiger partial charge in [-0.1, -0.05) is 36.2 Å². The molecule has 1 nitrogen and oxygen atoms in total. The van der Waals surface area contributed by atoms with E-state index in [4.69, 9.17) is 24.4 Å². The van der Waals surface area contributed by atoms with E-state index in [1.807, 2.05) is 25.9 Å². The molecule has 0 aromatic heterocycles. The molecule has 0 atom stereocenters. The summed E-state index contributed by atoms with van der Waals surface area (Å²) in [6.07, 6.45) is 0. The highest BCUT2D eigenvalue weighted by molar-refractivity contribution is 8.37. The van der Waals surface area contributed by atoms with Gasteiger partial charge in [-0.25, -0.2) is 0 Å². The zero-order valence-corrected chi connectivity index (χ0v) is 8.12. The van der Waals surface area contributed by atoms with Crippen LogP contribution in [-0.4, -0.2) is 27.5 Å². The summed E-state index contributed by atoms with van der Waals surface area (Å²) in [5.41, 5.74) is 0. The minimum absolute atomic E-state index is 0.822. The van der Waals surface area contributed by atoms with Gasteiger partial charge in [0.25, 0.3) is 0 Å². The third kappa shape index (κ3) is 4.81. The van der Waals surface area contributed by atoms with Gasteiger partial charge in [0.2, 0.25) is 0 Å². The lowest BCUT2D eigenvalue weighted by atomic mass is 11.0. The number of rotatable bonds is 0. The van der Waals surface area contributed by atoms with Crippen LogP contribution in [0.2, 0.25) is 0 Å². The second-order valence-corrected chi connectivity index (χ2v) is 4.47. The number of thiocarbonyl (C=S) groups is 2. The summed E-state index contributed by atoms with van der Waals surface area (Å²) in [6, 6.07) is 0. The topological polar surface area (TPSA) is 3.24 Å². The fraction of sp³-hybridized carbons (Fsp3) is 0.600. The third-order valence-corrected chi connectivity index (χ3v) is 2.29. The van der Waals surface area contributed by atoms with Crippen molar-refractivity contribution in [1.29, 1.82) is 0 Å². The van der Waals surface area contributed by atoms with Crippen molar-refractivity contribution in [3.05, 3.63) is 0 Å². The molecule has 0 aliphatic carbocycles. The lowest BCUT2D eigenvalue weighted by Gasteiger charge is -2.10. The van der Waals surface area contributed by atoms with Gasteiger partial charge in [-0.05, 0) is 6.92 Å². The molecule has 0 N–H and O–H groups in total. The Kier molecular flexibility index (Phi) is 4.35. The molecule has 0 saturated carbocycles. The maximum Gasteiger partial charge on any atom is 0.141 e. The Hall–Kier alpha value is 0.330. The Morgan fingerprint density at radius 1 is 1.33 bits per heavy atom. The van der Waals surface area contributed by atoms with Crippen LogP contribution in [0.3, 0.4) is 0 Å². The lowest BCUT2D eigenvalue weighted by molar-refractivity contribution is 0.648. The van der Waals surface area contributed by atoms with Crippen LogP contribution >= 0.6 is 36.2 Å². The van der Waals surface area contributed by atoms with Crippen molar-refractivity contribution in [3.8, 4) is 0 Å². The molecule has 0 saturated heterocycles. The molecule has 0 spiro atoms. The molecule has 0 aromatic carbocycles. The van der Waals surface area contributed by atoms with Crippen molar-refractivity contribution in [3.63, 3.8) is 0 Å². The van der Waals surface area contributed by atoms with Crippen LogP contribution in [-0.2, 0) is 0 Å². The molecule has 4 heteroatoms. The monoisotopic (exact) mass is 179 g/mol. The SMILES string of the molecule is CC(=S)SC(=S)N(C)C. The molecule has 0 aliphatic heterocycles. The van der Waals surface area contributed by atoms with Crippen molar-refractivity contribution in [1.82, 2.24) is 4.90 Å². The van der Waals surface area contributed by atoms with E-state index in [1.54, 1.807) is 0 Å². The van der Waals surface area contributed by atoms with E-state index >= 15 is 0 Å². The summed E-state index contributed by atoms with van der Waals surface area (Å²) in [5.74, 6) is 0. The first-order valence-corrected chi connectivity index (χ1v) is 4.07. The zero-order valence-electron chi connectivity index (χ0n) is 5.67.